The Balaban J connectivity index is 2.56. The quantitative estimate of drug-likeness (QED) is 0.589. The molecule has 1 aliphatic rings. The Kier molecular flexibility index (Phi) is 3.07. The minimum atomic E-state index is 0.412. The van der Waals surface area contributed by atoms with E-state index in [0.29, 0.717) is 11.2 Å². The molecule has 68 valence electrons. The lowest BCUT2D eigenvalue weighted by Gasteiger charge is -2.35. The number of hydrogen-bond donors (Lipinski definition) is 0. The third-order valence-corrected chi connectivity index (χ3v) is 3.20. The van der Waals surface area contributed by atoms with Gasteiger partial charge in [-0.2, -0.15) is 0 Å². The molecule has 1 saturated carbocycles. The van der Waals surface area contributed by atoms with Crippen molar-refractivity contribution in [1.29, 1.82) is 0 Å². The number of carbonyl (C=O) groups excluding carboxylic acids is 1. The second kappa shape index (κ2) is 3.88. The van der Waals surface area contributed by atoms with Gasteiger partial charge in [-0.3, -0.25) is 4.79 Å². The molecule has 1 heteroatoms. The van der Waals surface area contributed by atoms with Crippen molar-refractivity contribution in [3.63, 3.8) is 0 Å². The van der Waals surface area contributed by atoms with E-state index in [4.69, 9.17) is 0 Å². The minimum absolute atomic E-state index is 0.412. The van der Waals surface area contributed by atoms with Crippen LogP contribution in [-0.2, 0) is 4.79 Å². The van der Waals surface area contributed by atoms with E-state index < -0.39 is 0 Å². The van der Waals surface area contributed by atoms with Crippen LogP contribution in [-0.4, -0.2) is 5.78 Å². The standard InChI is InChI=1S/C11H18O/c1-3-7-11(4-2)8-5-10(12)6-9-11/h3H,1,4-9H2,2H3. The SMILES string of the molecule is C=CCC1(CC)CCC(=O)CC1. The van der Waals surface area contributed by atoms with E-state index >= 15 is 0 Å². The van der Waals surface area contributed by atoms with E-state index in [1.54, 1.807) is 0 Å². The molecule has 0 saturated heterocycles. The first-order valence-corrected chi connectivity index (χ1v) is 4.85. The van der Waals surface area contributed by atoms with Crippen LogP contribution < -0.4 is 0 Å². The Morgan fingerprint density at radius 1 is 1.50 bits per heavy atom. The van der Waals surface area contributed by atoms with E-state index in [-0.39, 0.29) is 0 Å². The van der Waals surface area contributed by atoms with E-state index in [1.807, 2.05) is 6.08 Å². The van der Waals surface area contributed by atoms with E-state index in [2.05, 4.69) is 13.5 Å². The monoisotopic (exact) mass is 166 g/mol. The van der Waals surface area contributed by atoms with Gasteiger partial charge in [-0.05, 0) is 24.7 Å². The molecule has 0 atom stereocenters. The minimum Gasteiger partial charge on any atom is -0.300 e. The number of ketones is 1. The molecule has 0 unspecified atom stereocenters. The summed E-state index contributed by atoms with van der Waals surface area (Å²) in [4.78, 5) is 11.0. The van der Waals surface area contributed by atoms with Gasteiger partial charge in [0.05, 0.1) is 0 Å². The zero-order valence-corrected chi connectivity index (χ0v) is 7.94. The number of Topliss-reactive ketones (excluding diaryl/α,β-unsaturated/α-hetero) is 1. The van der Waals surface area contributed by atoms with Crippen LogP contribution in [0.1, 0.15) is 45.4 Å². The molecule has 0 aromatic rings. The summed E-state index contributed by atoms with van der Waals surface area (Å²) in [5.74, 6) is 0.447. The van der Waals surface area contributed by atoms with Gasteiger partial charge < -0.3 is 0 Å². The third kappa shape index (κ3) is 1.96. The lowest BCUT2D eigenvalue weighted by molar-refractivity contribution is -0.122. The lowest BCUT2D eigenvalue weighted by atomic mass is 9.70. The average molecular weight is 166 g/mol. The Bertz CT molecular complexity index is 171. The van der Waals surface area contributed by atoms with Crippen LogP contribution >= 0.6 is 0 Å². The predicted molar refractivity (Wildman–Crippen MR) is 51.0 cm³/mol. The molecule has 0 radical (unpaired) electrons. The van der Waals surface area contributed by atoms with Gasteiger partial charge in [-0.25, -0.2) is 0 Å². The maximum Gasteiger partial charge on any atom is 0.132 e. The normalized spacial score (nSPS) is 22.2. The topological polar surface area (TPSA) is 17.1 Å². The molecule has 1 aliphatic carbocycles. The maximum atomic E-state index is 11.0. The highest BCUT2D eigenvalue weighted by atomic mass is 16.1. The Labute approximate surface area is 74.9 Å². The first-order chi connectivity index (χ1) is 5.72. The summed E-state index contributed by atoms with van der Waals surface area (Å²) in [7, 11) is 0. The second-order valence-corrected chi connectivity index (χ2v) is 3.89. The Morgan fingerprint density at radius 3 is 2.50 bits per heavy atom. The molecule has 0 spiro atoms. The molecular formula is C11H18O. The van der Waals surface area contributed by atoms with Crippen molar-refractivity contribution >= 4 is 5.78 Å². The molecule has 12 heavy (non-hydrogen) atoms. The molecule has 0 heterocycles. The number of rotatable bonds is 3. The van der Waals surface area contributed by atoms with Gasteiger partial charge in [-0.1, -0.05) is 19.4 Å². The van der Waals surface area contributed by atoms with E-state index in [1.165, 1.54) is 6.42 Å². The summed E-state index contributed by atoms with van der Waals surface area (Å²) in [6.07, 6.45) is 8.01. The van der Waals surface area contributed by atoms with E-state index in [0.717, 1.165) is 32.1 Å². The second-order valence-electron chi connectivity index (χ2n) is 3.89. The first-order valence-electron chi connectivity index (χ1n) is 4.85. The molecular weight excluding hydrogens is 148 g/mol. The van der Waals surface area contributed by atoms with Gasteiger partial charge in [0.15, 0.2) is 0 Å². The van der Waals surface area contributed by atoms with Crippen molar-refractivity contribution in [2.45, 2.75) is 45.4 Å². The highest BCUT2D eigenvalue weighted by molar-refractivity contribution is 5.79. The third-order valence-electron chi connectivity index (χ3n) is 3.20. The van der Waals surface area contributed by atoms with Crippen LogP contribution in [0.2, 0.25) is 0 Å². The molecule has 0 N–H and O–H groups in total. The summed E-state index contributed by atoms with van der Waals surface area (Å²) < 4.78 is 0. The molecule has 1 nitrogen and oxygen atoms in total. The van der Waals surface area contributed by atoms with E-state index in [9.17, 15) is 4.79 Å². The average Bonchev–Trinajstić information content (AvgIpc) is 2.10. The van der Waals surface area contributed by atoms with Crippen molar-refractivity contribution in [2.75, 3.05) is 0 Å². The van der Waals surface area contributed by atoms with Crippen LogP contribution in [0.5, 0.6) is 0 Å². The van der Waals surface area contributed by atoms with Crippen LogP contribution in [0.25, 0.3) is 0 Å². The highest BCUT2D eigenvalue weighted by Crippen LogP contribution is 2.40. The summed E-state index contributed by atoms with van der Waals surface area (Å²) in [6.45, 7) is 6.00. The van der Waals surface area contributed by atoms with Gasteiger partial charge >= 0.3 is 0 Å². The smallest absolute Gasteiger partial charge is 0.132 e. The fourth-order valence-corrected chi connectivity index (χ4v) is 2.07. The van der Waals surface area contributed by atoms with Crippen molar-refractivity contribution in [3.05, 3.63) is 12.7 Å². The zero-order chi connectivity index (χ0) is 9.03. The largest absolute Gasteiger partial charge is 0.300 e. The molecule has 0 aromatic heterocycles. The summed E-state index contributed by atoms with van der Waals surface area (Å²) in [5.41, 5.74) is 0.412. The van der Waals surface area contributed by atoms with Gasteiger partial charge in [0, 0.05) is 12.8 Å². The van der Waals surface area contributed by atoms with Crippen molar-refractivity contribution in [3.8, 4) is 0 Å². The van der Waals surface area contributed by atoms with Crippen molar-refractivity contribution in [1.82, 2.24) is 0 Å². The van der Waals surface area contributed by atoms with Gasteiger partial charge in [0.1, 0.15) is 5.78 Å². The summed E-state index contributed by atoms with van der Waals surface area (Å²) >= 11 is 0. The summed E-state index contributed by atoms with van der Waals surface area (Å²) in [5, 5.41) is 0. The zero-order valence-electron chi connectivity index (χ0n) is 7.94. The first kappa shape index (κ1) is 9.50. The Hall–Kier alpha value is -0.590. The maximum absolute atomic E-state index is 11.0. The van der Waals surface area contributed by atoms with Gasteiger partial charge in [0.2, 0.25) is 0 Å². The molecule has 0 amide bonds. The Morgan fingerprint density at radius 2 is 2.08 bits per heavy atom. The molecule has 0 aromatic carbocycles. The predicted octanol–water partition coefficient (Wildman–Crippen LogP) is 3.10. The van der Waals surface area contributed by atoms with Gasteiger partial charge in [0.25, 0.3) is 0 Å². The van der Waals surface area contributed by atoms with Crippen LogP contribution in [0.4, 0.5) is 0 Å². The highest BCUT2D eigenvalue weighted by Gasteiger charge is 2.31. The summed E-state index contributed by atoms with van der Waals surface area (Å²) in [6, 6.07) is 0. The molecule has 0 bridgehead atoms. The van der Waals surface area contributed by atoms with Crippen molar-refractivity contribution in [2.24, 2.45) is 5.41 Å². The molecule has 1 rings (SSSR count). The molecule has 0 aliphatic heterocycles. The van der Waals surface area contributed by atoms with Crippen LogP contribution in [0.3, 0.4) is 0 Å². The fraction of sp³-hybridized carbons (Fsp3) is 0.727. The molecule has 1 fully saturated rings. The number of hydrogen-bond acceptors (Lipinski definition) is 1. The van der Waals surface area contributed by atoms with Crippen LogP contribution in [0.15, 0.2) is 12.7 Å². The number of allylic oxidation sites excluding steroid dienone is 1. The van der Waals surface area contributed by atoms with Crippen LogP contribution in [0, 0.1) is 5.41 Å². The van der Waals surface area contributed by atoms with Crippen molar-refractivity contribution < 1.29 is 4.79 Å². The lowest BCUT2D eigenvalue weighted by Crippen LogP contribution is -2.26. The van der Waals surface area contributed by atoms with Gasteiger partial charge in [-0.15, -0.1) is 6.58 Å². The number of carbonyl (C=O) groups is 1. The fourth-order valence-electron chi connectivity index (χ4n) is 2.07.